The molecule has 0 unspecified atom stereocenters. The molecule has 0 aliphatic carbocycles. The van der Waals surface area contributed by atoms with Crippen molar-refractivity contribution >= 4 is 11.9 Å². The van der Waals surface area contributed by atoms with Gasteiger partial charge in [0, 0.05) is 31.2 Å². The first kappa shape index (κ1) is 16.3. The van der Waals surface area contributed by atoms with E-state index in [0.717, 1.165) is 12.8 Å². The molecule has 22 heavy (non-hydrogen) atoms. The first-order valence-corrected chi connectivity index (χ1v) is 7.61. The molecule has 1 aromatic rings. The molecule has 7 heteroatoms. The zero-order valence-electron chi connectivity index (χ0n) is 13.4. The van der Waals surface area contributed by atoms with Crippen LogP contribution in [0.5, 0.6) is 0 Å². The molecule has 0 radical (unpaired) electrons. The molecular formula is C15H24N4O3. The minimum atomic E-state index is -0.245. The summed E-state index contributed by atoms with van der Waals surface area (Å²) in [6, 6.07) is 1.52. The van der Waals surface area contributed by atoms with Crippen LogP contribution in [-0.4, -0.2) is 47.2 Å². The van der Waals surface area contributed by atoms with Crippen LogP contribution in [0.2, 0.25) is 0 Å². The molecule has 1 saturated heterocycles. The Labute approximate surface area is 130 Å². The fourth-order valence-corrected chi connectivity index (χ4v) is 2.40. The maximum Gasteiger partial charge on any atom is 0.317 e. The Morgan fingerprint density at radius 1 is 1.36 bits per heavy atom. The van der Waals surface area contributed by atoms with Crippen LogP contribution in [0, 0.1) is 5.92 Å². The Kier molecular flexibility index (Phi) is 5.05. The van der Waals surface area contributed by atoms with Gasteiger partial charge in [0.15, 0.2) is 0 Å². The van der Waals surface area contributed by atoms with Crippen molar-refractivity contribution in [3.8, 4) is 0 Å². The zero-order chi connectivity index (χ0) is 16.2. The van der Waals surface area contributed by atoms with Crippen molar-refractivity contribution in [1.82, 2.24) is 20.7 Å². The van der Waals surface area contributed by atoms with Gasteiger partial charge in [-0.25, -0.2) is 4.79 Å². The fourth-order valence-electron chi connectivity index (χ4n) is 2.40. The number of nitrogens with one attached hydrogen (secondary N) is 2. The summed E-state index contributed by atoms with van der Waals surface area (Å²) in [5.74, 6) is 0.359. The lowest BCUT2D eigenvalue weighted by atomic mass is 9.97. The molecule has 0 atom stereocenters. The van der Waals surface area contributed by atoms with Gasteiger partial charge in [0.2, 0.25) is 5.76 Å². The summed E-state index contributed by atoms with van der Waals surface area (Å²) < 4.78 is 4.81. The highest BCUT2D eigenvalue weighted by Crippen LogP contribution is 2.17. The van der Waals surface area contributed by atoms with Gasteiger partial charge in [0.1, 0.15) is 0 Å². The Morgan fingerprint density at radius 3 is 2.59 bits per heavy atom. The van der Waals surface area contributed by atoms with E-state index in [2.05, 4.69) is 15.8 Å². The smallest absolute Gasteiger partial charge is 0.317 e. The minimum Gasteiger partial charge on any atom is -0.351 e. The number of nitrogens with zero attached hydrogens (tertiary/aromatic N) is 2. The summed E-state index contributed by atoms with van der Waals surface area (Å²) in [6.45, 7) is 7.92. The Bertz CT molecular complexity index is 499. The van der Waals surface area contributed by atoms with Crippen molar-refractivity contribution in [2.45, 2.75) is 39.2 Å². The predicted molar refractivity (Wildman–Crippen MR) is 81.4 cm³/mol. The van der Waals surface area contributed by atoms with Crippen molar-refractivity contribution in [3.05, 3.63) is 18.0 Å². The topological polar surface area (TPSA) is 87.5 Å². The third-order valence-electron chi connectivity index (χ3n) is 3.60. The summed E-state index contributed by atoms with van der Waals surface area (Å²) in [5, 5.41) is 9.33. The summed E-state index contributed by atoms with van der Waals surface area (Å²) in [4.78, 5) is 25.7. The van der Waals surface area contributed by atoms with E-state index in [1.165, 1.54) is 12.3 Å². The molecular weight excluding hydrogens is 284 g/mol. The molecule has 122 valence electrons. The van der Waals surface area contributed by atoms with Crippen molar-refractivity contribution in [3.63, 3.8) is 0 Å². The first-order valence-electron chi connectivity index (χ1n) is 7.61. The predicted octanol–water partition coefficient (Wildman–Crippen LogP) is 1.62. The number of likely N-dealkylation sites (tertiary alicyclic amines) is 1. The fraction of sp³-hybridized carbons (Fsp3) is 0.667. The van der Waals surface area contributed by atoms with Crippen molar-refractivity contribution in [1.29, 1.82) is 0 Å². The molecule has 2 N–H and O–H groups in total. The van der Waals surface area contributed by atoms with E-state index in [4.69, 9.17) is 4.52 Å². The Balaban J connectivity index is 1.71. The number of carbonyl (C=O) groups excluding carboxylic acids is 2. The lowest BCUT2D eigenvalue weighted by Gasteiger charge is -2.34. The molecule has 2 heterocycles. The van der Waals surface area contributed by atoms with E-state index in [1.54, 1.807) is 0 Å². The number of piperidine rings is 1. The Hall–Kier alpha value is -2.05. The van der Waals surface area contributed by atoms with Gasteiger partial charge >= 0.3 is 6.03 Å². The van der Waals surface area contributed by atoms with Crippen molar-refractivity contribution in [2.75, 3.05) is 19.6 Å². The number of carbonyl (C=O) groups is 2. The molecule has 2 rings (SSSR count). The van der Waals surface area contributed by atoms with Crippen LogP contribution in [0.4, 0.5) is 4.79 Å². The lowest BCUT2D eigenvalue weighted by Crippen LogP contribution is -2.51. The second kappa shape index (κ2) is 6.81. The monoisotopic (exact) mass is 308 g/mol. The summed E-state index contributed by atoms with van der Waals surface area (Å²) in [5.41, 5.74) is -0.223. The van der Waals surface area contributed by atoms with Crippen LogP contribution in [0.15, 0.2) is 16.8 Å². The van der Waals surface area contributed by atoms with Gasteiger partial charge in [-0.15, -0.1) is 0 Å². The van der Waals surface area contributed by atoms with Crippen LogP contribution >= 0.6 is 0 Å². The highest BCUT2D eigenvalue weighted by atomic mass is 16.5. The van der Waals surface area contributed by atoms with Gasteiger partial charge in [0.25, 0.3) is 5.91 Å². The number of rotatable bonds is 3. The molecule has 1 aliphatic rings. The molecule has 0 bridgehead atoms. The molecule has 3 amide bonds. The van der Waals surface area contributed by atoms with Crippen LogP contribution in [0.25, 0.3) is 0 Å². The van der Waals surface area contributed by atoms with Crippen LogP contribution in [0.3, 0.4) is 0 Å². The van der Waals surface area contributed by atoms with E-state index in [1.807, 2.05) is 25.7 Å². The van der Waals surface area contributed by atoms with E-state index < -0.39 is 0 Å². The van der Waals surface area contributed by atoms with Gasteiger partial charge in [-0.3, -0.25) is 4.79 Å². The number of aromatic nitrogens is 1. The van der Waals surface area contributed by atoms with Crippen LogP contribution in [-0.2, 0) is 0 Å². The zero-order valence-corrected chi connectivity index (χ0v) is 13.4. The second-order valence-electron chi connectivity index (χ2n) is 6.70. The molecule has 1 fully saturated rings. The Morgan fingerprint density at radius 2 is 2.05 bits per heavy atom. The van der Waals surface area contributed by atoms with Crippen LogP contribution < -0.4 is 10.6 Å². The molecule has 0 saturated carbocycles. The molecule has 1 aromatic heterocycles. The largest absolute Gasteiger partial charge is 0.351 e. The minimum absolute atomic E-state index is 0.0170. The maximum absolute atomic E-state index is 12.1. The lowest BCUT2D eigenvalue weighted by molar-refractivity contribution is 0.0900. The maximum atomic E-state index is 12.1. The quantitative estimate of drug-likeness (QED) is 0.888. The van der Waals surface area contributed by atoms with E-state index >= 15 is 0 Å². The average Bonchev–Trinajstić information content (AvgIpc) is 2.97. The third-order valence-corrected chi connectivity index (χ3v) is 3.60. The van der Waals surface area contributed by atoms with Crippen molar-refractivity contribution < 1.29 is 14.1 Å². The molecule has 7 nitrogen and oxygen atoms in total. The van der Waals surface area contributed by atoms with E-state index in [-0.39, 0.29) is 23.2 Å². The normalized spacial score (nSPS) is 16.4. The third kappa shape index (κ3) is 4.75. The molecule has 0 aromatic carbocycles. The van der Waals surface area contributed by atoms with Gasteiger partial charge in [-0.05, 0) is 39.5 Å². The van der Waals surface area contributed by atoms with Gasteiger partial charge in [0.05, 0.1) is 6.20 Å². The SMILES string of the molecule is CC(C)(C)NC(=O)N1CCC(CNC(=O)c2ccno2)CC1. The average molecular weight is 308 g/mol. The van der Waals surface area contributed by atoms with Gasteiger partial charge in [-0.2, -0.15) is 0 Å². The second-order valence-corrected chi connectivity index (χ2v) is 6.70. The molecule has 1 aliphatic heterocycles. The summed E-state index contributed by atoms with van der Waals surface area (Å²) in [6.07, 6.45) is 3.21. The highest BCUT2D eigenvalue weighted by molar-refractivity contribution is 5.91. The van der Waals surface area contributed by atoms with E-state index in [0.29, 0.717) is 25.6 Å². The summed E-state index contributed by atoms with van der Waals surface area (Å²) in [7, 11) is 0. The van der Waals surface area contributed by atoms with Crippen LogP contribution in [0.1, 0.15) is 44.2 Å². The number of hydrogen-bond donors (Lipinski definition) is 2. The van der Waals surface area contributed by atoms with Gasteiger partial charge < -0.3 is 20.1 Å². The number of urea groups is 1. The highest BCUT2D eigenvalue weighted by Gasteiger charge is 2.25. The standard InChI is InChI=1S/C15H24N4O3/c1-15(2,3)18-14(21)19-8-5-11(6-9-19)10-16-13(20)12-4-7-17-22-12/h4,7,11H,5-6,8-10H2,1-3H3,(H,16,20)(H,18,21). The van der Waals surface area contributed by atoms with E-state index in [9.17, 15) is 9.59 Å². The molecule has 0 spiro atoms. The van der Waals surface area contributed by atoms with Crippen molar-refractivity contribution in [2.24, 2.45) is 5.92 Å². The number of hydrogen-bond acceptors (Lipinski definition) is 4. The first-order chi connectivity index (χ1) is 10.3. The number of amides is 3. The summed E-state index contributed by atoms with van der Waals surface area (Å²) >= 11 is 0. The van der Waals surface area contributed by atoms with Gasteiger partial charge in [-0.1, -0.05) is 5.16 Å².